The number of nitrogens with one attached hydrogen (secondary N) is 2. The van der Waals surface area contributed by atoms with E-state index in [4.69, 9.17) is 0 Å². The molecular weight excluding hydrogens is 216 g/mol. The molecule has 2 amide bonds. The molecule has 2 N–H and O–H groups in total. The normalized spacial score (nSPS) is 34.7. The van der Waals surface area contributed by atoms with Crippen LogP contribution in [0.25, 0.3) is 0 Å². The van der Waals surface area contributed by atoms with Gasteiger partial charge < -0.3 is 0 Å². The molecule has 2 bridgehead atoms. The maximum Gasteiger partial charge on any atom is 0.241 e. The van der Waals surface area contributed by atoms with E-state index in [0.29, 0.717) is 12.3 Å². The van der Waals surface area contributed by atoms with Crippen molar-refractivity contribution in [3.05, 3.63) is 0 Å². The van der Waals surface area contributed by atoms with Crippen molar-refractivity contribution < 1.29 is 9.59 Å². The Balaban J connectivity index is 1.39. The Bertz CT molecular complexity index is 338. The van der Waals surface area contributed by atoms with Crippen molar-refractivity contribution in [2.75, 3.05) is 0 Å². The van der Waals surface area contributed by atoms with Gasteiger partial charge in [0.15, 0.2) is 0 Å². The van der Waals surface area contributed by atoms with Crippen LogP contribution in [0.4, 0.5) is 0 Å². The maximum atomic E-state index is 11.7. The van der Waals surface area contributed by atoms with Gasteiger partial charge in [-0.3, -0.25) is 20.4 Å². The van der Waals surface area contributed by atoms with Gasteiger partial charge in [0, 0.05) is 12.3 Å². The smallest absolute Gasteiger partial charge is 0.241 e. The Morgan fingerprint density at radius 2 is 1.82 bits per heavy atom. The van der Waals surface area contributed by atoms with Gasteiger partial charge in [0.1, 0.15) is 0 Å². The second-order valence-corrected chi connectivity index (χ2v) is 5.95. The predicted molar refractivity (Wildman–Crippen MR) is 62.6 cm³/mol. The van der Waals surface area contributed by atoms with Crippen LogP contribution in [0.3, 0.4) is 0 Å². The molecule has 0 aromatic carbocycles. The fraction of sp³-hybridized carbons (Fsp3) is 0.846. The van der Waals surface area contributed by atoms with Crippen molar-refractivity contribution >= 4 is 11.8 Å². The maximum absolute atomic E-state index is 11.7. The Kier molecular flexibility index (Phi) is 2.81. The van der Waals surface area contributed by atoms with Crippen molar-refractivity contribution in [3.8, 4) is 0 Å². The summed E-state index contributed by atoms with van der Waals surface area (Å²) >= 11 is 0. The summed E-state index contributed by atoms with van der Waals surface area (Å²) in [4.78, 5) is 23.0. The Labute approximate surface area is 101 Å². The first-order chi connectivity index (χ1) is 8.22. The summed E-state index contributed by atoms with van der Waals surface area (Å²) in [5, 5.41) is 0. The molecule has 0 saturated heterocycles. The summed E-state index contributed by atoms with van der Waals surface area (Å²) in [5.41, 5.74) is 5.08. The predicted octanol–water partition coefficient (Wildman–Crippen LogP) is 1.37. The summed E-state index contributed by atoms with van der Waals surface area (Å²) in [7, 11) is 0. The highest BCUT2D eigenvalue weighted by Crippen LogP contribution is 2.49. The fourth-order valence-electron chi connectivity index (χ4n) is 3.49. The molecule has 3 rings (SSSR count). The van der Waals surface area contributed by atoms with Crippen LogP contribution < -0.4 is 10.9 Å². The molecular formula is C13H20N2O2. The monoisotopic (exact) mass is 236 g/mol. The molecule has 0 aromatic heterocycles. The van der Waals surface area contributed by atoms with E-state index < -0.39 is 0 Å². The molecule has 0 radical (unpaired) electrons. The zero-order valence-corrected chi connectivity index (χ0v) is 10.1. The van der Waals surface area contributed by atoms with Gasteiger partial charge in [-0.15, -0.1) is 0 Å². The van der Waals surface area contributed by atoms with Gasteiger partial charge in [0.05, 0.1) is 0 Å². The van der Waals surface area contributed by atoms with E-state index in [1.807, 2.05) is 0 Å². The number of hydrazine groups is 1. The van der Waals surface area contributed by atoms with Crippen LogP contribution in [0.15, 0.2) is 0 Å². The molecule has 3 aliphatic carbocycles. The number of carbonyl (C=O) groups excluding carboxylic acids is 2. The van der Waals surface area contributed by atoms with Gasteiger partial charge in [0.25, 0.3) is 0 Å². The fourth-order valence-corrected chi connectivity index (χ4v) is 3.49. The number of amides is 2. The van der Waals surface area contributed by atoms with E-state index in [9.17, 15) is 9.59 Å². The quantitative estimate of drug-likeness (QED) is 0.727. The first-order valence-electron chi connectivity index (χ1n) is 6.81. The summed E-state index contributed by atoms with van der Waals surface area (Å²) < 4.78 is 0. The van der Waals surface area contributed by atoms with Crippen LogP contribution in [0.1, 0.15) is 44.9 Å². The van der Waals surface area contributed by atoms with Crippen LogP contribution in [-0.4, -0.2) is 11.8 Å². The van der Waals surface area contributed by atoms with Gasteiger partial charge in [0.2, 0.25) is 11.8 Å². The van der Waals surface area contributed by atoms with Crippen molar-refractivity contribution in [2.24, 2.45) is 23.7 Å². The van der Waals surface area contributed by atoms with Gasteiger partial charge in [-0.25, -0.2) is 0 Å². The van der Waals surface area contributed by atoms with Crippen LogP contribution in [0.5, 0.6) is 0 Å². The van der Waals surface area contributed by atoms with Crippen LogP contribution in [-0.2, 0) is 9.59 Å². The number of rotatable bonds is 3. The average molecular weight is 236 g/mol. The lowest BCUT2D eigenvalue weighted by molar-refractivity contribution is -0.130. The van der Waals surface area contributed by atoms with Gasteiger partial charge in [-0.1, -0.05) is 6.42 Å². The molecule has 4 heteroatoms. The topological polar surface area (TPSA) is 58.2 Å². The molecule has 0 aromatic rings. The lowest BCUT2D eigenvalue weighted by Gasteiger charge is -2.20. The van der Waals surface area contributed by atoms with E-state index in [-0.39, 0.29) is 17.7 Å². The molecule has 0 spiro atoms. The molecule has 0 unspecified atom stereocenters. The number of hydrogen-bond donors (Lipinski definition) is 2. The van der Waals surface area contributed by atoms with Gasteiger partial charge >= 0.3 is 0 Å². The summed E-state index contributed by atoms with van der Waals surface area (Å²) in [6, 6.07) is 0. The van der Waals surface area contributed by atoms with Gasteiger partial charge in [-0.05, 0) is 49.9 Å². The van der Waals surface area contributed by atoms with Crippen molar-refractivity contribution in [1.82, 2.24) is 10.9 Å². The summed E-state index contributed by atoms with van der Waals surface area (Å²) in [6.45, 7) is 0. The third kappa shape index (κ3) is 2.45. The average Bonchev–Trinajstić information content (AvgIpc) is 2.97. The number of fused-ring (bicyclic) bond motifs is 2. The van der Waals surface area contributed by atoms with E-state index >= 15 is 0 Å². The van der Waals surface area contributed by atoms with Crippen LogP contribution in [0.2, 0.25) is 0 Å². The first kappa shape index (κ1) is 11.1. The molecule has 3 aliphatic rings. The SMILES string of the molecule is O=C(C[C@H]1C[C@@H]2CC[C@H]1C2)NNC(=O)C1CC1. The molecule has 4 nitrogen and oxygen atoms in total. The van der Waals surface area contributed by atoms with Crippen molar-refractivity contribution in [3.63, 3.8) is 0 Å². The van der Waals surface area contributed by atoms with E-state index in [1.165, 1.54) is 25.7 Å². The highest BCUT2D eigenvalue weighted by atomic mass is 16.2. The third-order valence-electron chi connectivity index (χ3n) is 4.61. The van der Waals surface area contributed by atoms with E-state index in [2.05, 4.69) is 10.9 Å². The molecule has 0 heterocycles. The van der Waals surface area contributed by atoms with E-state index in [1.54, 1.807) is 0 Å². The second-order valence-electron chi connectivity index (χ2n) is 5.95. The van der Waals surface area contributed by atoms with E-state index in [0.717, 1.165) is 24.7 Å². The largest absolute Gasteiger partial charge is 0.273 e. The molecule has 3 saturated carbocycles. The summed E-state index contributed by atoms with van der Waals surface area (Å²) in [5.74, 6) is 2.32. The zero-order chi connectivity index (χ0) is 11.8. The first-order valence-corrected chi connectivity index (χ1v) is 6.81. The highest BCUT2D eigenvalue weighted by Gasteiger charge is 2.40. The van der Waals surface area contributed by atoms with Crippen molar-refractivity contribution in [1.29, 1.82) is 0 Å². The number of carbonyl (C=O) groups is 2. The lowest BCUT2D eigenvalue weighted by atomic mass is 9.86. The number of hydrogen-bond acceptors (Lipinski definition) is 2. The molecule has 3 fully saturated rings. The molecule has 94 valence electrons. The highest BCUT2D eigenvalue weighted by molar-refractivity contribution is 5.84. The molecule has 0 aliphatic heterocycles. The Morgan fingerprint density at radius 3 is 2.41 bits per heavy atom. The standard InChI is InChI=1S/C13H20N2O2/c16-12(14-15-13(17)9-3-4-9)7-11-6-8-1-2-10(11)5-8/h8-11H,1-7H2,(H,14,16)(H,15,17)/t8-,10+,11-/m1/s1. The summed E-state index contributed by atoms with van der Waals surface area (Å²) in [6.07, 6.45) is 7.73. The second kappa shape index (κ2) is 4.31. The molecule has 3 atom stereocenters. The van der Waals surface area contributed by atoms with Crippen molar-refractivity contribution in [2.45, 2.75) is 44.9 Å². The van der Waals surface area contributed by atoms with Crippen LogP contribution in [0, 0.1) is 23.7 Å². The zero-order valence-electron chi connectivity index (χ0n) is 10.1. The van der Waals surface area contributed by atoms with Crippen LogP contribution >= 0.6 is 0 Å². The third-order valence-corrected chi connectivity index (χ3v) is 4.61. The lowest BCUT2D eigenvalue weighted by Crippen LogP contribution is -2.43. The minimum absolute atomic E-state index is 0.0171. The van der Waals surface area contributed by atoms with Gasteiger partial charge in [-0.2, -0.15) is 0 Å². The minimum Gasteiger partial charge on any atom is -0.273 e. The minimum atomic E-state index is -0.0220. The molecule has 17 heavy (non-hydrogen) atoms. The Morgan fingerprint density at radius 1 is 1.00 bits per heavy atom. The Hall–Kier alpha value is -1.06.